The van der Waals surface area contributed by atoms with E-state index < -0.39 is 0 Å². The zero-order valence-electron chi connectivity index (χ0n) is 11.5. The van der Waals surface area contributed by atoms with Gasteiger partial charge in [0, 0.05) is 19.1 Å². The van der Waals surface area contributed by atoms with Crippen molar-refractivity contribution < 1.29 is 9.59 Å². The smallest absolute Gasteiger partial charge is 0.324 e. The molecule has 0 radical (unpaired) electrons. The molecule has 0 bridgehead atoms. The number of imide groups is 1. The predicted octanol–water partition coefficient (Wildman–Crippen LogP) is 1.39. The minimum Gasteiger partial charge on any atom is -0.358 e. The van der Waals surface area contributed by atoms with E-state index in [9.17, 15) is 9.59 Å². The topological polar surface area (TPSA) is 87.2 Å². The highest BCUT2D eigenvalue weighted by molar-refractivity contribution is 8.02. The van der Waals surface area contributed by atoms with Crippen molar-refractivity contribution in [2.45, 2.75) is 36.4 Å². The molecule has 1 aromatic rings. The quantitative estimate of drug-likeness (QED) is 0.799. The number of anilines is 1. The number of hydrogen-bond acceptors (Lipinski definition) is 7. The van der Waals surface area contributed by atoms with Gasteiger partial charge in [0.1, 0.15) is 0 Å². The second-order valence-corrected chi connectivity index (χ2v) is 7.22. The average molecular weight is 315 g/mol. The molecule has 1 fully saturated rings. The third-order valence-corrected chi connectivity index (χ3v) is 4.59. The Labute approximate surface area is 125 Å². The minimum absolute atomic E-state index is 0.196. The van der Waals surface area contributed by atoms with Gasteiger partial charge in [0.25, 0.3) is 0 Å². The Balaban J connectivity index is 1.93. The van der Waals surface area contributed by atoms with Crippen LogP contribution in [0.15, 0.2) is 4.34 Å². The molecular weight excluding hydrogens is 298 g/mol. The number of urea groups is 1. The number of carbonyl (C=O) groups excluding carboxylic acids is 2. The molecule has 110 valence electrons. The van der Waals surface area contributed by atoms with Crippen molar-refractivity contribution in [2.75, 3.05) is 18.4 Å². The highest BCUT2D eigenvalue weighted by atomic mass is 32.2. The summed E-state index contributed by atoms with van der Waals surface area (Å²) in [4.78, 5) is 24.8. The summed E-state index contributed by atoms with van der Waals surface area (Å²) in [5.41, 5.74) is 0. The number of aromatic nitrogens is 2. The molecule has 2 rings (SSSR count). The largest absolute Gasteiger partial charge is 0.358 e. The summed E-state index contributed by atoms with van der Waals surface area (Å²) in [5.74, 6) is -0.196. The molecule has 2 N–H and O–H groups in total. The highest BCUT2D eigenvalue weighted by Crippen LogP contribution is 2.30. The number of thioether (sulfide) groups is 1. The molecule has 1 aliphatic rings. The van der Waals surface area contributed by atoms with Crippen LogP contribution in [0.5, 0.6) is 0 Å². The molecule has 0 aromatic carbocycles. The van der Waals surface area contributed by atoms with E-state index in [2.05, 4.69) is 20.8 Å². The van der Waals surface area contributed by atoms with Crippen molar-refractivity contribution in [2.24, 2.45) is 0 Å². The SMILES string of the molecule is CC(C)Nc1nnc(SC(C)C(=O)N2CCNC2=O)s1. The van der Waals surface area contributed by atoms with Gasteiger partial charge >= 0.3 is 6.03 Å². The molecular formula is C11H17N5O2S2. The normalized spacial score (nSPS) is 16.4. The Kier molecular flexibility index (Phi) is 4.81. The van der Waals surface area contributed by atoms with Gasteiger partial charge in [-0.05, 0) is 20.8 Å². The molecule has 7 nitrogen and oxygen atoms in total. The van der Waals surface area contributed by atoms with Gasteiger partial charge in [-0.25, -0.2) is 4.79 Å². The zero-order chi connectivity index (χ0) is 14.7. The van der Waals surface area contributed by atoms with Gasteiger partial charge < -0.3 is 10.6 Å². The first-order valence-corrected chi connectivity index (χ1v) is 8.03. The van der Waals surface area contributed by atoms with E-state index >= 15 is 0 Å². The second-order valence-electron chi connectivity index (χ2n) is 4.65. The van der Waals surface area contributed by atoms with Gasteiger partial charge in [-0.2, -0.15) is 0 Å². The fraction of sp³-hybridized carbons (Fsp3) is 0.636. The maximum atomic E-state index is 12.1. The van der Waals surface area contributed by atoms with Crippen molar-refractivity contribution in [3.8, 4) is 0 Å². The standard InChI is InChI=1S/C11H17N5O2S2/c1-6(2)13-9-14-15-11(20-9)19-7(3)8(17)16-5-4-12-10(16)18/h6-7H,4-5H2,1-3H3,(H,12,18)(H,13,14). The molecule has 0 saturated carbocycles. The third-order valence-electron chi connectivity index (χ3n) is 2.57. The summed E-state index contributed by atoms with van der Waals surface area (Å²) in [7, 11) is 0. The minimum atomic E-state index is -0.362. The van der Waals surface area contributed by atoms with Crippen LogP contribution in [0.4, 0.5) is 9.93 Å². The Bertz CT molecular complexity index is 505. The zero-order valence-corrected chi connectivity index (χ0v) is 13.2. The van der Waals surface area contributed by atoms with Crippen LogP contribution in [-0.2, 0) is 4.79 Å². The van der Waals surface area contributed by atoms with E-state index in [1.165, 1.54) is 28.0 Å². The lowest BCUT2D eigenvalue weighted by molar-refractivity contribution is -0.126. The van der Waals surface area contributed by atoms with Crippen LogP contribution in [0, 0.1) is 0 Å². The van der Waals surface area contributed by atoms with Crippen LogP contribution < -0.4 is 10.6 Å². The van der Waals surface area contributed by atoms with Gasteiger partial charge in [-0.15, -0.1) is 10.2 Å². The van der Waals surface area contributed by atoms with E-state index in [-0.39, 0.29) is 23.2 Å². The summed E-state index contributed by atoms with van der Waals surface area (Å²) in [6.07, 6.45) is 0. The van der Waals surface area contributed by atoms with Crippen molar-refractivity contribution in [1.82, 2.24) is 20.4 Å². The van der Waals surface area contributed by atoms with Gasteiger partial charge in [-0.3, -0.25) is 9.69 Å². The molecule has 1 aromatic heterocycles. The van der Waals surface area contributed by atoms with Crippen LogP contribution in [0.1, 0.15) is 20.8 Å². The molecule has 2 heterocycles. The number of nitrogens with one attached hydrogen (secondary N) is 2. The summed E-state index contributed by atoms with van der Waals surface area (Å²) >= 11 is 2.73. The van der Waals surface area contributed by atoms with Gasteiger partial charge in [-0.1, -0.05) is 23.1 Å². The van der Waals surface area contributed by atoms with Gasteiger partial charge in [0.2, 0.25) is 11.0 Å². The van der Waals surface area contributed by atoms with Crippen LogP contribution in [-0.4, -0.2) is 51.4 Å². The molecule has 0 spiro atoms. The average Bonchev–Trinajstić information content (AvgIpc) is 2.97. The number of hydrogen-bond donors (Lipinski definition) is 2. The van der Waals surface area contributed by atoms with Gasteiger partial charge in [0.05, 0.1) is 5.25 Å². The summed E-state index contributed by atoms with van der Waals surface area (Å²) in [5, 5.41) is 14.2. The molecule has 1 unspecified atom stereocenters. The number of rotatable bonds is 5. The summed E-state index contributed by atoms with van der Waals surface area (Å²) in [6, 6.07) is -0.0324. The van der Waals surface area contributed by atoms with E-state index in [0.29, 0.717) is 17.4 Å². The van der Waals surface area contributed by atoms with Crippen molar-refractivity contribution in [3.63, 3.8) is 0 Å². The van der Waals surface area contributed by atoms with E-state index in [1.807, 2.05) is 13.8 Å². The van der Waals surface area contributed by atoms with Crippen molar-refractivity contribution in [1.29, 1.82) is 0 Å². The van der Waals surface area contributed by atoms with Crippen molar-refractivity contribution in [3.05, 3.63) is 0 Å². The lowest BCUT2D eigenvalue weighted by Gasteiger charge is -2.16. The maximum absolute atomic E-state index is 12.1. The Hall–Kier alpha value is -1.35. The van der Waals surface area contributed by atoms with E-state index in [4.69, 9.17) is 0 Å². The molecule has 1 aliphatic heterocycles. The van der Waals surface area contributed by atoms with Gasteiger partial charge in [0.15, 0.2) is 4.34 Å². The van der Waals surface area contributed by atoms with Crippen molar-refractivity contribution >= 4 is 40.2 Å². The van der Waals surface area contributed by atoms with Crippen LogP contribution in [0.25, 0.3) is 0 Å². The molecule has 20 heavy (non-hydrogen) atoms. The van der Waals surface area contributed by atoms with Crippen LogP contribution in [0.2, 0.25) is 0 Å². The molecule has 0 aliphatic carbocycles. The lowest BCUT2D eigenvalue weighted by Crippen LogP contribution is -2.38. The predicted molar refractivity (Wildman–Crippen MR) is 79.1 cm³/mol. The first kappa shape index (κ1) is 15.0. The first-order chi connectivity index (χ1) is 9.47. The Morgan fingerprint density at radius 1 is 1.45 bits per heavy atom. The Morgan fingerprint density at radius 2 is 2.20 bits per heavy atom. The maximum Gasteiger partial charge on any atom is 0.324 e. The third kappa shape index (κ3) is 3.60. The van der Waals surface area contributed by atoms with E-state index in [0.717, 1.165) is 5.13 Å². The van der Waals surface area contributed by atoms with Crippen LogP contribution >= 0.6 is 23.1 Å². The number of nitrogens with zero attached hydrogens (tertiary/aromatic N) is 3. The fourth-order valence-corrected chi connectivity index (χ4v) is 3.77. The summed E-state index contributed by atoms with van der Waals surface area (Å²) < 4.78 is 0.716. The first-order valence-electron chi connectivity index (χ1n) is 6.33. The summed E-state index contributed by atoms with van der Waals surface area (Å²) in [6.45, 7) is 6.76. The molecule has 1 atom stereocenters. The van der Waals surface area contributed by atoms with Crippen LogP contribution in [0.3, 0.4) is 0 Å². The Morgan fingerprint density at radius 3 is 2.80 bits per heavy atom. The number of carbonyl (C=O) groups is 2. The molecule has 1 saturated heterocycles. The second kappa shape index (κ2) is 6.40. The fourth-order valence-electron chi connectivity index (χ4n) is 1.67. The monoisotopic (exact) mass is 315 g/mol. The van der Waals surface area contributed by atoms with E-state index in [1.54, 1.807) is 6.92 Å². The number of amides is 3. The highest BCUT2D eigenvalue weighted by Gasteiger charge is 2.30. The molecule has 9 heteroatoms. The lowest BCUT2D eigenvalue weighted by atomic mass is 10.4. The molecule has 3 amide bonds.